The summed E-state index contributed by atoms with van der Waals surface area (Å²) in [6, 6.07) is 0. The summed E-state index contributed by atoms with van der Waals surface area (Å²) in [5.74, 6) is -0.190. The van der Waals surface area contributed by atoms with E-state index in [4.69, 9.17) is 15.2 Å². The summed E-state index contributed by atoms with van der Waals surface area (Å²) in [7, 11) is 0. The van der Waals surface area contributed by atoms with E-state index >= 15 is 0 Å². The highest BCUT2D eigenvalue weighted by Gasteiger charge is 2.47. The van der Waals surface area contributed by atoms with Gasteiger partial charge in [-0.1, -0.05) is 6.92 Å². The van der Waals surface area contributed by atoms with Crippen molar-refractivity contribution in [2.75, 3.05) is 19.8 Å². The van der Waals surface area contributed by atoms with Gasteiger partial charge < -0.3 is 20.3 Å². The maximum atomic E-state index is 10.6. The smallest absolute Gasteiger partial charge is 0.168 e. The van der Waals surface area contributed by atoms with E-state index in [1.165, 1.54) is 0 Å². The summed E-state index contributed by atoms with van der Waals surface area (Å²) in [4.78, 5) is 0. The lowest BCUT2D eigenvalue weighted by molar-refractivity contribution is -0.209. The van der Waals surface area contributed by atoms with Crippen molar-refractivity contribution >= 4 is 0 Å². The van der Waals surface area contributed by atoms with E-state index in [9.17, 15) is 5.11 Å². The molecule has 1 aliphatic carbocycles. The molecule has 94 valence electrons. The molecule has 1 saturated heterocycles. The monoisotopic (exact) mass is 229 g/mol. The van der Waals surface area contributed by atoms with Gasteiger partial charge in [0.25, 0.3) is 0 Å². The van der Waals surface area contributed by atoms with E-state index in [0.717, 1.165) is 32.1 Å². The minimum absolute atomic E-state index is 0.200. The first kappa shape index (κ1) is 12.3. The van der Waals surface area contributed by atoms with Crippen molar-refractivity contribution in [3.8, 4) is 0 Å². The highest BCUT2D eigenvalue weighted by molar-refractivity contribution is 4.95. The molecule has 2 fully saturated rings. The molecule has 1 heterocycles. The fourth-order valence-electron chi connectivity index (χ4n) is 3.02. The largest absolute Gasteiger partial charge is 0.390 e. The molecule has 1 aliphatic heterocycles. The highest BCUT2D eigenvalue weighted by atomic mass is 16.7. The summed E-state index contributed by atoms with van der Waals surface area (Å²) in [6.07, 6.45) is 3.99. The van der Waals surface area contributed by atoms with Crippen LogP contribution in [0, 0.1) is 5.92 Å². The van der Waals surface area contributed by atoms with Crippen molar-refractivity contribution in [3.63, 3.8) is 0 Å². The molecule has 0 aromatic heterocycles. The molecule has 2 rings (SSSR count). The van der Waals surface area contributed by atoms with Crippen molar-refractivity contribution in [1.29, 1.82) is 0 Å². The fraction of sp³-hybridized carbons (Fsp3) is 1.00. The van der Waals surface area contributed by atoms with Crippen molar-refractivity contribution < 1.29 is 14.6 Å². The Balaban J connectivity index is 1.97. The number of hydrogen-bond acceptors (Lipinski definition) is 4. The summed E-state index contributed by atoms with van der Waals surface area (Å²) >= 11 is 0. The lowest BCUT2D eigenvalue weighted by Crippen LogP contribution is -2.49. The van der Waals surface area contributed by atoms with E-state index in [1.54, 1.807) is 0 Å². The molecule has 0 aromatic carbocycles. The van der Waals surface area contributed by atoms with Crippen LogP contribution in [0.4, 0.5) is 0 Å². The Morgan fingerprint density at radius 2 is 1.75 bits per heavy atom. The zero-order valence-electron chi connectivity index (χ0n) is 10.1. The van der Waals surface area contributed by atoms with Gasteiger partial charge in [0.1, 0.15) is 0 Å². The number of rotatable bonds is 3. The van der Waals surface area contributed by atoms with Gasteiger partial charge in [0.05, 0.1) is 18.8 Å². The lowest BCUT2D eigenvalue weighted by atomic mass is 9.72. The third-order valence-corrected chi connectivity index (χ3v) is 4.23. The molecular formula is C12H23NO3. The Hall–Kier alpha value is -0.160. The molecule has 4 nitrogen and oxygen atoms in total. The molecule has 4 heteroatoms. The normalized spacial score (nSPS) is 29.4. The summed E-state index contributed by atoms with van der Waals surface area (Å²) < 4.78 is 11.3. The summed E-state index contributed by atoms with van der Waals surface area (Å²) in [6.45, 7) is 4.02. The second-order valence-corrected chi connectivity index (χ2v) is 5.05. The average Bonchev–Trinajstić information content (AvgIpc) is 2.74. The molecule has 1 saturated carbocycles. The molecule has 1 unspecified atom stereocenters. The third kappa shape index (κ3) is 2.12. The van der Waals surface area contributed by atoms with Gasteiger partial charge in [0, 0.05) is 12.8 Å². The Bertz CT molecular complexity index is 224. The SMILES string of the molecule is CCC(CN)C1(O)CCC2(CC1)OCCO2. The Morgan fingerprint density at radius 3 is 2.19 bits per heavy atom. The minimum atomic E-state index is -0.607. The third-order valence-electron chi connectivity index (χ3n) is 4.23. The van der Waals surface area contributed by atoms with Crippen molar-refractivity contribution in [2.24, 2.45) is 11.7 Å². The van der Waals surface area contributed by atoms with Crippen LogP contribution in [0.15, 0.2) is 0 Å². The van der Waals surface area contributed by atoms with Gasteiger partial charge in [0.15, 0.2) is 5.79 Å². The maximum Gasteiger partial charge on any atom is 0.168 e. The Labute approximate surface area is 97.1 Å². The first-order chi connectivity index (χ1) is 7.64. The van der Waals surface area contributed by atoms with Crippen molar-refractivity contribution in [3.05, 3.63) is 0 Å². The van der Waals surface area contributed by atoms with Gasteiger partial charge in [-0.2, -0.15) is 0 Å². The lowest BCUT2D eigenvalue weighted by Gasteiger charge is -2.44. The molecule has 0 aromatic rings. The van der Waals surface area contributed by atoms with E-state index < -0.39 is 5.60 Å². The van der Waals surface area contributed by atoms with E-state index in [-0.39, 0.29) is 11.7 Å². The quantitative estimate of drug-likeness (QED) is 0.758. The van der Waals surface area contributed by atoms with Gasteiger partial charge in [0.2, 0.25) is 0 Å². The van der Waals surface area contributed by atoms with Gasteiger partial charge in [-0.25, -0.2) is 0 Å². The average molecular weight is 229 g/mol. The Morgan fingerprint density at radius 1 is 1.19 bits per heavy atom. The number of aliphatic hydroxyl groups is 1. The summed E-state index contributed by atoms with van der Waals surface area (Å²) in [5, 5.41) is 10.6. The molecule has 0 bridgehead atoms. The topological polar surface area (TPSA) is 64.7 Å². The van der Waals surface area contributed by atoms with Crippen molar-refractivity contribution in [2.45, 2.75) is 50.4 Å². The zero-order chi connectivity index (χ0) is 11.6. The van der Waals surface area contributed by atoms with Crippen LogP contribution in [-0.2, 0) is 9.47 Å². The van der Waals surface area contributed by atoms with Gasteiger partial charge in [-0.15, -0.1) is 0 Å². The van der Waals surface area contributed by atoms with Crippen LogP contribution in [-0.4, -0.2) is 36.3 Å². The molecule has 2 aliphatic rings. The van der Waals surface area contributed by atoms with Gasteiger partial charge >= 0.3 is 0 Å². The fourth-order valence-corrected chi connectivity index (χ4v) is 3.02. The molecule has 1 atom stereocenters. The van der Waals surface area contributed by atoms with E-state index in [0.29, 0.717) is 19.8 Å². The maximum absolute atomic E-state index is 10.6. The number of ether oxygens (including phenoxy) is 2. The molecule has 3 N–H and O–H groups in total. The first-order valence-corrected chi connectivity index (χ1v) is 6.34. The van der Waals surface area contributed by atoms with Crippen LogP contribution in [0.5, 0.6) is 0 Å². The van der Waals surface area contributed by atoms with Gasteiger partial charge in [-0.3, -0.25) is 0 Å². The number of hydrogen-bond donors (Lipinski definition) is 2. The van der Waals surface area contributed by atoms with Crippen LogP contribution in [0.25, 0.3) is 0 Å². The van der Waals surface area contributed by atoms with Crippen LogP contribution in [0.3, 0.4) is 0 Å². The van der Waals surface area contributed by atoms with Gasteiger partial charge in [-0.05, 0) is 31.7 Å². The molecular weight excluding hydrogens is 206 g/mol. The second kappa shape index (κ2) is 4.61. The molecule has 16 heavy (non-hydrogen) atoms. The highest BCUT2D eigenvalue weighted by Crippen LogP contribution is 2.43. The molecule has 0 amide bonds. The molecule has 0 radical (unpaired) electrons. The zero-order valence-corrected chi connectivity index (χ0v) is 10.1. The predicted octanol–water partition coefficient (Wildman–Crippen LogP) is 1.02. The van der Waals surface area contributed by atoms with Crippen molar-refractivity contribution in [1.82, 2.24) is 0 Å². The Kier molecular flexibility index (Phi) is 3.54. The second-order valence-electron chi connectivity index (χ2n) is 5.05. The van der Waals surface area contributed by atoms with Crippen LogP contribution in [0.2, 0.25) is 0 Å². The minimum Gasteiger partial charge on any atom is -0.390 e. The predicted molar refractivity (Wildman–Crippen MR) is 60.9 cm³/mol. The first-order valence-electron chi connectivity index (χ1n) is 6.34. The van der Waals surface area contributed by atoms with Crippen LogP contribution >= 0.6 is 0 Å². The summed E-state index contributed by atoms with van der Waals surface area (Å²) in [5.41, 5.74) is 5.11. The van der Waals surface area contributed by atoms with Crippen LogP contribution in [0.1, 0.15) is 39.0 Å². The van der Waals surface area contributed by atoms with E-state index in [1.807, 2.05) is 0 Å². The van der Waals surface area contributed by atoms with Crippen LogP contribution < -0.4 is 5.73 Å². The van der Waals surface area contributed by atoms with E-state index in [2.05, 4.69) is 6.92 Å². The number of nitrogens with two attached hydrogens (primary N) is 1. The standard InChI is InChI=1S/C12H23NO3/c1-2-10(9-13)11(14)3-5-12(6-4-11)15-7-8-16-12/h10,14H,2-9,13H2,1H3. The molecule has 1 spiro atoms.